The molecule has 0 aliphatic carbocycles. The van der Waals surface area contributed by atoms with E-state index in [4.69, 9.17) is 22.9 Å². The molecule has 1 rings (SSSR count). The van der Waals surface area contributed by atoms with Crippen LogP contribution in [0.25, 0.3) is 0 Å². The van der Waals surface area contributed by atoms with Crippen molar-refractivity contribution in [3.05, 3.63) is 29.8 Å². The highest BCUT2D eigenvalue weighted by atomic mass is 16.4. The molecule has 218 valence electrons. The Labute approximate surface area is 227 Å². The zero-order valence-corrected chi connectivity index (χ0v) is 21.9. The van der Waals surface area contributed by atoms with Crippen LogP contribution in [0.3, 0.4) is 0 Å². The van der Waals surface area contributed by atoms with Gasteiger partial charge in [-0.2, -0.15) is 0 Å². The fourth-order valence-corrected chi connectivity index (χ4v) is 3.72. The van der Waals surface area contributed by atoms with E-state index in [0.717, 1.165) is 0 Å². The lowest BCUT2D eigenvalue weighted by atomic mass is 10.0. The summed E-state index contributed by atoms with van der Waals surface area (Å²) in [5.41, 5.74) is 22.4. The lowest BCUT2D eigenvalue weighted by Gasteiger charge is -2.25. The minimum absolute atomic E-state index is 0.00311. The molecule has 0 heterocycles. The fourth-order valence-electron chi connectivity index (χ4n) is 3.72. The predicted molar refractivity (Wildman–Crippen MR) is 143 cm³/mol. The number of nitrogens with one attached hydrogen (secondary N) is 3. The first-order valence-electron chi connectivity index (χ1n) is 12.8. The second-order valence-corrected chi connectivity index (χ2v) is 9.24. The maximum Gasteiger partial charge on any atom is 0.326 e. The quantitative estimate of drug-likeness (QED) is 0.0848. The number of amides is 4. The van der Waals surface area contributed by atoms with Crippen LogP contribution >= 0.6 is 0 Å². The van der Waals surface area contributed by atoms with Gasteiger partial charge in [0.05, 0.1) is 12.5 Å². The highest BCUT2D eigenvalue weighted by Gasteiger charge is 2.30. The van der Waals surface area contributed by atoms with Crippen molar-refractivity contribution in [2.75, 3.05) is 13.1 Å². The molecule has 0 radical (unpaired) electrons. The summed E-state index contributed by atoms with van der Waals surface area (Å²) >= 11 is 0. The number of aliphatic carboxylic acids is 1. The molecule has 4 atom stereocenters. The first-order chi connectivity index (χ1) is 18.5. The summed E-state index contributed by atoms with van der Waals surface area (Å²) in [6.45, 7) is 0.742. The molecule has 0 saturated carbocycles. The summed E-state index contributed by atoms with van der Waals surface area (Å²) in [4.78, 5) is 61.8. The van der Waals surface area contributed by atoms with E-state index in [2.05, 4.69) is 16.0 Å². The number of phenols is 1. The minimum Gasteiger partial charge on any atom is -0.508 e. The number of phenolic OH excluding ortho intramolecular Hbond substituents is 1. The van der Waals surface area contributed by atoms with Crippen molar-refractivity contribution >= 4 is 29.6 Å². The molecule has 0 bridgehead atoms. The highest BCUT2D eigenvalue weighted by molar-refractivity contribution is 5.95. The smallest absolute Gasteiger partial charge is 0.326 e. The number of aromatic hydroxyl groups is 1. The lowest BCUT2D eigenvalue weighted by Crippen LogP contribution is -2.57. The van der Waals surface area contributed by atoms with Crippen LogP contribution in [-0.2, 0) is 30.4 Å². The summed E-state index contributed by atoms with van der Waals surface area (Å²) in [7, 11) is 0. The molecule has 4 unspecified atom stereocenters. The number of hydrogen-bond donors (Lipinski definition) is 9. The van der Waals surface area contributed by atoms with Crippen LogP contribution < -0.4 is 38.9 Å². The Morgan fingerprint density at radius 2 is 1.23 bits per heavy atom. The normalized spacial score (nSPS) is 13.9. The molecule has 14 nitrogen and oxygen atoms in total. The first kappa shape index (κ1) is 33.3. The van der Waals surface area contributed by atoms with Gasteiger partial charge in [0.15, 0.2) is 0 Å². The van der Waals surface area contributed by atoms with E-state index >= 15 is 0 Å². The van der Waals surface area contributed by atoms with Gasteiger partial charge in [-0.3, -0.25) is 19.2 Å². The van der Waals surface area contributed by atoms with Gasteiger partial charge < -0.3 is 49.1 Å². The fraction of sp³-hybridized carbons (Fsp3) is 0.560. The molecule has 4 amide bonds. The van der Waals surface area contributed by atoms with Gasteiger partial charge in [0.1, 0.15) is 23.9 Å². The molecule has 0 aliphatic rings. The molecule has 0 aromatic heterocycles. The van der Waals surface area contributed by atoms with Gasteiger partial charge in [0, 0.05) is 6.42 Å². The molecule has 0 aliphatic heterocycles. The number of hydrogen-bond acceptors (Lipinski definition) is 9. The van der Waals surface area contributed by atoms with Crippen molar-refractivity contribution in [2.45, 2.75) is 75.5 Å². The van der Waals surface area contributed by atoms with E-state index in [-0.39, 0.29) is 25.0 Å². The third kappa shape index (κ3) is 13.0. The lowest BCUT2D eigenvalue weighted by molar-refractivity contribution is -0.142. The molecule has 0 fully saturated rings. The van der Waals surface area contributed by atoms with Gasteiger partial charge >= 0.3 is 5.97 Å². The van der Waals surface area contributed by atoms with Gasteiger partial charge in [-0.25, -0.2) is 4.79 Å². The van der Waals surface area contributed by atoms with Crippen LogP contribution in [0.5, 0.6) is 5.75 Å². The van der Waals surface area contributed by atoms with E-state index < -0.39 is 60.2 Å². The number of carboxylic acid groups (broad SMARTS) is 1. The standard InChI is InChI=1S/C25H41N7O7/c26-11-3-1-5-18(23(36)31-19(25(38)39)6-2-4-12-27)30-24(37)20(13-15-7-9-16(33)10-8-15)32-22(35)17(28)14-21(29)34/h7-10,17-20,33H,1-6,11-14,26-28H2,(H2,29,34)(H,30,37)(H,31,36)(H,32,35)(H,38,39). The summed E-state index contributed by atoms with van der Waals surface area (Å²) < 4.78 is 0. The summed E-state index contributed by atoms with van der Waals surface area (Å²) in [6.07, 6.45) is 1.98. The highest BCUT2D eigenvalue weighted by Crippen LogP contribution is 2.12. The van der Waals surface area contributed by atoms with Gasteiger partial charge in [-0.1, -0.05) is 12.1 Å². The number of carbonyl (C=O) groups is 5. The Kier molecular flexibility index (Phi) is 15.1. The van der Waals surface area contributed by atoms with Crippen LogP contribution in [0.15, 0.2) is 24.3 Å². The number of carbonyl (C=O) groups excluding carboxylic acids is 4. The second kappa shape index (κ2) is 17.7. The Balaban J connectivity index is 3.12. The molecule has 14 heteroatoms. The third-order valence-electron chi connectivity index (χ3n) is 5.91. The van der Waals surface area contributed by atoms with E-state index in [1.165, 1.54) is 12.1 Å². The van der Waals surface area contributed by atoms with Crippen molar-refractivity contribution in [1.29, 1.82) is 0 Å². The zero-order chi connectivity index (χ0) is 29.4. The maximum atomic E-state index is 13.3. The number of nitrogens with two attached hydrogens (primary N) is 4. The van der Waals surface area contributed by atoms with Gasteiger partial charge in [0.25, 0.3) is 0 Å². The van der Waals surface area contributed by atoms with Gasteiger partial charge in [0.2, 0.25) is 23.6 Å². The van der Waals surface area contributed by atoms with Gasteiger partial charge in [-0.15, -0.1) is 0 Å². The molecular formula is C25H41N7O7. The number of benzene rings is 1. The number of primary amides is 1. The van der Waals surface area contributed by atoms with Crippen LogP contribution in [0.1, 0.15) is 50.5 Å². The van der Waals surface area contributed by atoms with Crippen molar-refractivity contribution in [3.63, 3.8) is 0 Å². The van der Waals surface area contributed by atoms with Crippen molar-refractivity contribution in [1.82, 2.24) is 16.0 Å². The SMILES string of the molecule is NCCCCC(NC(=O)C(CCCCN)NC(=O)C(Cc1ccc(O)cc1)NC(=O)C(N)CC(N)=O)C(=O)O. The molecular weight excluding hydrogens is 510 g/mol. The topological polar surface area (TPSA) is 266 Å². The van der Waals surface area contributed by atoms with Crippen LogP contribution in [0.2, 0.25) is 0 Å². The molecule has 0 saturated heterocycles. The summed E-state index contributed by atoms with van der Waals surface area (Å²) in [5.74, 6) is -4.24. The van der Waals surface area contributed by atoms with E-state index in [1.54, 1.807) is 12.1 Å². The number of carboxylic acids is 1. The maximum absolute atomic E-state index is 13.3. The van der Waals surface area contributed by atoms with E-state index in [0.29, 0.717) is 44.3 Å². The third-order valence-corrected chi connectivity index (χ3v) is 5.91. The Bertz CT molecular complexity index is 959. The van der Waals surface area contributed by atoms with E-state index in [9.17, 15) is 34.2 Å². The average Bonchev–Trinajstić information content (AvgIpc) is 2.87. The van der Waals surface area contributed by atoms with Crippen molar-refractivity contribution in [3.8, 4) is 5.75 Å². The Morgan fingerprint density at radius 3 is 1.74 bits per heavy atom. The molecule has 13 N–H and O–H groups in total. The minimum atomic E-state index is -1.30. The summed E-state index contributed by atoms with van der Waals surface area (Å²) in [5, 5.41) is 26.6. The molecule has 0 spiro atoms. The number of unbranched alkanes of at least 4 members (excludes halogenated alkanes) is 2. The van der Waals surface area contributed by atoms with Crippen LogP contribution in [0.4, 0.5) is 0 Å². The average molecular weight is 552 g/mol. The van der Waals surface area contributed by atoms with Gasteiger partial charge in [-0.05, 0) is 69.3 Å². The van der Waals surface area contributed by atoms with Crippen molar-refractivity contribution in [2.24, 2.45) is 22.9 Å². The second-order valence-electron chi connectivity index (χ2n) is 9.24. The molecule has 39 heavy (non-hydrogen) atoms. The Morgan fingerprint density at radius 1 is 0.744 bits per heavy atom. The van der Waals surface area contributed by atoms with E-state index in [1.807, 2.05) is 0 Å². The number of rotatable bonds is 19. The Hall–Kier alpha value is -3.75. The molecule has 1 aromatic rings. The largest absolute Gasteiger partial charge is 0.508 e. The summed E-state index contributed by atoms with van der Waals surface area (Å²) in [6, 6.07) is 1.12. The monoisotopic (exact) mass is 551 g/mol. The first-order valence-corrected chi connectivity index (χ1v) is 12.8. The van der Waals surface area contributed by atoms with Crippen molar-refractivity contribution < 1.29 is 34.2 Å². The predicted octanol–water partition coefficient (Wildman–Crippen LogP) is -2.07. The molecule has 1 aromatic carbocycles. The van der Waals surface area contributed by atoms with Crippen LogP contribution in [0, 0.1) is 0 Å². The van der Waals surface area contributed by atoms with Crippen LogP contribution in [-0.4, -0.2) is 77.1 Å². The zero-order valence-electron chi connectivity index (χ0n) is 21.9.